The van der Waals surface area contributed by atoms with Crippen LogP contribution in [0, 0.1) is 17.2 Å². The van der Waals surface area contributed by atoms with Crippen LogP contribution in [0.2, 0.25) is 0 Å². The number of rotatable bonds is 2. The Morgan fingerprint density at radius 2 is 2.29 bits per heavy atom. The third kappa shape index (κ3) is 2.87. The van der Waals surface area contributed by atoms with Gasteiger partial charge in [-0.3, -0.25) is 5.41 Å². The van der Waals surface area contributed by atoms with E-state index in [9.17, 15) is 5.11 Å². The number of nitrogens with two attached hydrogens (primary N) is 1. The van der Waals surface area contributed by atoms with Crippen LogP contribution >= 0.6 is 0 Å². The number of likely N-dealkylation sites (tertiary alicyclic amines) is 1. The second kappa shape index (κ2) is 4.64. The molecular weight excluding hydrogens is 178 g/mol. The van der Waals surface area contributed by atoms with E-state index in [0.29, 0.717) is 12.5 Å². The fourth-order valence-corrected chi connectivity index (χ4v) is 2.08. The summed E-state index contributed by atoms with van der Waals surface area (Å²) in [6.45, 7) is 5.75. The van der Waals surface area contributed by atoms with E-state index in [1.807, 2.05) is 4.90 Å². The third-order valence-corrected chi connectivity index (χ3v) is 2.81. The zero-order chi connectivity index (χ0) is 10.7. The van der Waals surface area contributed by atoms with E-state index in [0.717, 1.165) is 19.4 Å². The lowest BCUT2D eigenvalue weighted by Crippen LogP contribution is -2.48. The highest BCUT2D eigenvalue weighted by Gasteiger charge is 2.28. The molecule has 0 unspecified atom stereocenters. The van der Waals surface area contributed by atoms with Crippen LogP contribution in [0.4, 0.5) is 0 Å². The predicted octanol–water partition coefficient (Wildman–Crippen LogP) is 0.609. The smallest absolute Gasteiger partial charge is 0.188 e. The van der Waals surface area contributed by atoms with Gasteiger partial charge in [-0.05, 0) is 18.8 Å². The van der Waals surface area contributed by atoms with Gasteiger partial charge in [-0.2, -0.15) is 0 Å². The Kier molecular flexibility index (Phi) is 3.75. The lowest BCUT2D eigenvalue weighted by molar-refractivity contribution is 0.0392. The second-order valence-corrected chi connectivity index (χ2v) is 4.58. The summed E-state index contributed by atoms with van der Waals surface area (Å²) >= 11 is 0. The number of nitrogens with zero attached hydrogens (tertiary/aromatic N) is 1. The summed E-state index contributed by atoms with van der Waals surface area (Å²) in [5.41, 5.74) is 5.43. The lowest BCUT2D eigenvalue weighted by atomic mass is 9.87. The maximum absolute atomic E-state index is 9.78. The van der Waals surface area contributed by atoms with Crippen molar-refractivity contribution >= 4 is 5.96 Å². The molecule has 2 atom stereocenters. The van der Waals surface area contributed by atoms with Gasteiger partial charge < -0.3 is 15.7 Å². The van der Waals surface area contributed by atoms with Crippen molar-refractivity contribution in [1.82, 2.24) is 4.90 Å². The molecule has 0 aliphatic carbocycles. The van der Waals surface area contributed by atoms with E-state index >= 15 is 0 Å². The lowest BCUT2D eigenvalue weighted by Gasteiger charge is -2.37. The van der Waals surface area contributed by atoms with Gasteiger partial charge in [-0.15, -0.1) is 0 Å². The molecule has 1 rings (SSSR count). The Morgan fingerprint density at radius 1 is 1.64 bits per heavy atom. The minimum absolute atomic E-state index is 0.130. The molecule has 4 heteroatoms. The van der Waals surface area contributed by atoms with Gasteiger partial charge in [0, 0.05) is 19.0 Å². The average molecular weight is 199 g/mol. The quantitative estimate of drug-likeness (QED) is 0.450. The van der Waals surface area contributed by atoms with Crippen LogP contribution in [-0.4, -0.2) is 35.2 Å². The van der Waals surface area contributed by atoms with E-state index in [1.54, 1.807) is 0 Å². The zero-order valence-corrected chi connectivity index (χ0v) is 9.03. The topological polar surface area (TPSA) is 73.3 Å². The minimum atomic E-state index is -0.215. The monoisotopic (exact) mass is 199 g/mol. The van der Waals surface area contributed by atoms with E-state index in [1.165, 1.54) is 0 Å². The summed E-state index contributed by atoms with van der Waals surface area (Å²) in [6, 6.07) is 0. The van der Waals surface area contributed by atoms with Crippen molar-refractivity contribution in [1.29, 1.82) is 5.41 Å². The number of hydrogen-bond acceptors (Lipinski definition) is 2. The SMILES string of the molecule is CC(C)C[C@H]1CN(C(=N)N)CC[C@@H]1O. The van der Waals surface area contributed by atoms with Crippen molar-refractivity contribution in [2.45, 2.75) is 32.8 Å². The molecule has 0 radical (unpaired) electrons. The van der Waals surface area contributed by atoms with Gasteiger partial charge in [0.2, 0.25) is 0 Å². The van der Waals surface area contributed by atoms with Crippen LogP contribution in [0.15, 0.2) is 0 Å². The first-order valence-corrected chi connectivity index (χ1v) is 5.27. The molecule has 0 saturated carbocycles. The van der Waals surface area contributed by atoms with Gasteiger partial charge in [0.25, 0.3) is 0 Å². The van der Waals surface area contributed by atoms with Crippen molar-refractivity contribution in [3.63, 3.8) is 0 Å². The first-order valence-electron chi connectivity index (χ1n) is 5.27. The number of aliphatic hydroxyl groups is 1. The molecule has 1 heterocycles. The fourth-order valence-electron chi connectivity index (χ4n) is 2.08. The minimum Gasteiger partial charge on any atom is -0.393 e. The fraction of sp³-hybridized carbons (Fsp3) is 0.900. The molecule has 0 aromatic carbocycles. The predicted molar refractivity (Wildman–Crippen MR) is 57.1 cm³/mol. The summed E-state index contributed by atoms with van der Waals surface area (Å²) in [7, 11) is 0. The molecule has 0 bridgehead atoms. The van der Waals surface area contributed by atoms with Gasteiger partial charge in [-0.25, -0.2) is 0 Å². The molecule has 14 heavy (non-hydrogen) atoms. The van der Waals surface area contributed by atoms with Gasteiger partial charge in [0.1, 0.15) is 0 Å². The summed E-state index contributed by atoms with van der Waals surface area (Å²) in [6.07, 6.45) is 1.52. The van der Waals surface area contributed by atoms with Crippen molar-refractivity contribution in [2.75, 3.05) is 13.1 Å². The Hall–Kier alpha value is -0.770. The van der Waals surface area contributed by atoms with Gasteiger partial charge in [0.05, 0.1) is 6.10 Å². The van der Waals surface area contributed by atoms with Crippen molar-refractivity contribution < 1.29 is 5.11 Å². The molecule has 4 nitrogen and oxygen atoms in total. The van der Waals surface area contributed by atoms with E-state index in [-0.39, 0.29) is 18.0 Å². The molecule has 1 aliphatic heterocycles. The van der Waals surface area contributed by atoms with Crippen LogP contribution in [-0.2, 0) is 0 Å². The number of piperidine rings is 1. The van der Waals surface area contributed by atoms with Crippen LogP contribution in [0.5, 0.6) is 0 Å². The summed E-state index contributed by atoms with van der Waals surface area (Å²) < 4.78 is 0. The van der Waals surface area contributed by atoms with Crippen LogP contribution in [0.25, 0.3) is 0 Å². The number of aliphatic hydroxyl groups excluding tert-OH is 1. The molecule has 82 valence electrons. The normalized spacial score (nSPS) is 28.1. The highest BCUT2D eigenvalue weighted by molar-refractivity contribution is 5.74. The Labute approximate surface area is 85.6 Å². The molecule has 0 spiro atoms. The summed E-state index contributed by atoms with van der Waals surface area (Å²) in [5.74, 6) is 0.986. The largest absolute Gasteiger partial charge is 0.393 e. The number of hydrogen-bond donors (Lipinski definition) is 3. The van der Waals surface area contributed by atoms with Gasteiger partial charge in [0.15, 0.2) is 5.96 Å². The van der Waals surface area contributed by atoms with Crippen molar-refractivity contribution in [3.8, 4) is 0 Å². The van der Waals surface area contributed by atoms with Crippen LogP contribution in [0.3, 0.4) is 0 Å². The highest BCUT2D eigenvalue weighted by atomic mass is 16.3. The molecule has 4 N–H and O–H groups in total. The van der Waals surface area contributed by atoms with Crippen LogP contribution in [0.1, 0.15) is 26.7 Å². The third-order valence-electron chi connectivity index (χ3n) is 2.81. The van der Waals surface area contributed by atoms with E-state index in [4.69, 9.17) is 11.1 Å². The van der Waals surface area contributed by atoms with Crippen LogP contribution < -0.4 is 5.73 Å². The highest BCUT2D eigenvalue weighted by Crippen LogP contribution is 2.23. The second-order valence-electron chi connectivity index (χ2n) is 4.58. The first-order chi connectivity index (χ1) is 6.50. The molecule has 1 aliphatic rings. The van der Waals surface area contributed by atoms with Gasteiger partial charge in [-0.1, -0.05) is 13.8 Å². The molecule has 1 fully saturated rings. The maximum atomic E-state index is 9.78. The Balaban J connectivity index is 2.50. The van der Waals surface area contributed by atoms with Gasteiger partial charge >= 0.3 is 0 Å². The molecule has 1 saturated heterocycles. The molecule has 0 aromatic rings. The average Bonchev–Trinajstić information content (AvgIpc) is 2.07. The summed E-state index contributed by atoms with van der Waals surface area (Å²) in [4.78, 5) is 1.85. The Morgan fingerprint density at radius 3 is 2.79 bits per heavy atom. The zero-order valence-electron chi connectivity index (χ0n) is 9.03. The first kappa shape index (κ1) is 11.3. The standard InChI is InChI=1S/C10H21N3O/c1-7(2)5-8-6-13(10(11)12)4-3-9(8)14/h7-9,14H,3-6H2,1-2H3,(H3,11,12)/t8-,9-/m0/s1. The molecule has 0 aromatic heterocycles. The number of nitrogens with one attached hydrogen (secondary N) is 1. The molecule has 0 amide bonds. The van der Waals surface area contributed by atoms with E-state index in [2.05, 4.69) is 13.8 Å². The molecular formula is C10H21N3O. The summed E-state index contributed by atoms with van der Waals surface area (Å²) in [5, 5.41) is 17.1. The van der Waals surface area contributed by atoms with Crippen molar-refractivity contribution in [3.05, 3.63) is 0 Å². The van der Waals surface area contributed by atoms with Crippen molar-refractivity contribution in [2.24, 2.45) is 17.6 Å². The van der Waals surface area contributed by atoms with E-state index < -0.39 is 0 Å². The Bertz CT molecular complexity index is 206. The maximum Gasteiger partial charge on any atom is 0.188 e. The number of guanidine groups is 1.